The number of likely N-dealkylation sites (tertiary alicyclic amines) is 2. The fourth-order valence-electron chi connectivity index (χ4n) is 5.31. The van der Waals surface area contributed by atoms with Crippen molar-refractivity contribution >= 4 is 11.8 Å². The monoisotopic (exact) mass is 513 g/mol. The van der Waals surface area contributed by atoms with Gasteiger partial charge in [0, 0.05) is 30.3 Å². The second-order valence-electron chi connectivity index (χ2n) is 10.9. The molecule has 0 radical (unpaired) electrons. The Hall–Kier alpha value is -3.00. The quantitative estimate of drug-likeness (QED) is 0.550. The molecule has 2 N–H and O–H groups in total. The molecule has 6 nitrogen and oxygen atoms in total. The minimum absolute atomic E-state index is 0.237. The van der Waals surface area contributed by atoms with Crippen LogP contribution >= 0.6 is 0 Å². The molecule has 0 bridgehead atoms. The molecule has 2 aliphatic rings. The van der Waals surface area contributed by atoms with Crippen molar-refractivity contribution in [3.8, 4) is 16.9 Å². The summed E-state index contributed by atoms with van der Waals surface area (Å²) in [6.07, 6.45) is 4.14. The molecule has 0 aromatic heterocycles. The number of piperidine rings is 2. The molecule has 2 heterocycles. The number of alkyl halides is 1. The lowest BCUT2D eigenvalue weighted by atomic mass is 9.96. The van der Waals surface area contributed by atoms with E-state index < -0.39 is 23.4 Å². The topological polar surface area (TPSA) is 75.9 Å². The van der Waals surface area contributed by atoms with Gasteiger partial charge in [0.15, 0.2) is 0 Å². The molecule has 2 saturated heterocycles. The van der Waals surface area contributed by atoms with Crippen LogP contribution in [0.4, 0.5) is 8.78 Å². The maximum atomic E-state index is 15.0. The molecule has 2 amide bonds. The number of benzene rings is 2. The molecule has 2 fully saturated rings. The zero-order valence-electron chi connectivity index (χ0n) is 21.7. The summed E-state index contributed by atoms with van der Waals surface area (Å²) in [5, 5.41) is 0. The third-order valence-electron chi connectivity index (χ3n) is 7.27. The van der Waals surface area contributed by atoms with Gasteiger partial charge in [-0.05, 0) is 94.8 Å². The number of hydrogen-bond donors (Lipinski definition) is 1. The fraction of sp³-hybridized carbons (Fsp3) is 0.517. The number of halogens is 2. The van der Waals surface area contributed by atoms with Crippen molar-refractivity contribution in [1.29, 1.82) is 0 Å². The van der Waals surface area contributed by atoms with Gasteiger partial charge in [-0.3, -0.25) is 9.59 Å². The predicted molar refractivity (Wildman–Crippen MR) is 140 cm³/mol. The van der Waals surface area contributed by atoms with Gasteiger partial charge in [0.05, 0.1) is 6.61 Å². The first-order chi connectivity index (χ1) is 17.6. The molecule has 0 saturated carbocycles. The van der Waals surface area contributed by atoms with E-state index in [1.54, 1.807) is 55.1 Å². The molecule has 2 aromatic carbocycles. The number of ether oxygens (including phenoxy) is 1. The van der Waals surface area contributed by atoms with E-state index in [-0.39, 0.29) is 5.91 Å². The summed E-state index contributed by atoms with van der Waals surface area (Å²) in [5.41, 5.74) is 5.81. The van der Waals surface area contributed by atoms with Gasteiger partial charge in [-0.15, -0.1) is 0 Å². The highest BCUT2D eigenvalue weighted by Gasteiger charge is 2.31. The van der Waals surface area contributed by atoms with Crippen molar-refractivity contribution in [3.05, 3.63) is 53.8 Å². The summed E-state index contributed by atoms with van der Waals surface area (Å²) in [6.45, 7) is 6.33. The van der Waals surface area contributed by atoms with E-state index in [4.69, 9.17) is 10.5 Å². The molecule has 2 aliphatic heterocycles. The van der Waals surface area contributed by atoms with E-state index in [1.807, 2.05) is 0 Å². The molecular formula is C29H37F2N3O3. The van der Waals surface area contributed by atoms with E-state index in [1.165, 1.54) is 6.07 Å². The Morgan fingerprint density at radius 1 is 1.03 bits per heavy atom. The number of hydrogen-bond acceptors (Lipinski definition) is 4. The van der Waals surface area contributed by atoms with E-state index in [2.05, 4.69) is 4.90 Å². The van der Waals surface area contributed by atoms with Crippen molar-refractivity contribution in [2.24, 2.45) is 11.7 Å². The second-order valence-corrected chi connectivity index (χ2v) is 10.9. The van der Waals surface area contributed by atoms with E-state index >= 15 is 0 Å². The summed E-state index contributed by atoms with van der Waals surface area (Å²) in [6, 6.07) is 11.0. The highest BCUT2D eigenvalue weighted by atomic mass is 19.1. The molecule has 2 aromatic rings. The summed E-state index contributed by atoms with van der Waals surface area (Å²) < 4.78 is 34.7. The number of carbonyl (C=O) groups excluding carboxylic acids is 2. The first-order valence-corrected chi connectivity index (χ1v) is 13.1. The molecule has 1 atom stereocenters. The van der Waals surface area contributed by atoms with Crippen molar-refractivity contribution < 1.29 is 23.1 Å². The Morgan fingerprint density at radius 2 is 1.73 bits per heavy atom. The average Bonchev–Trinajstić information content (AvgIpc) is 2.87. The van der Waals surface area contributed by atoms with Crippen LogP contribution in [0, 0.1) is 11.7 Å². The highest BCUT2D eigenvalue weighted by molar-refractivity contribution is 5.97. The van der Waals surface area contributed by atoms with Crippen molar-refractivity contribution in [2.45, 2.75) is 57.7 Å². The summed E-state index contributed by atoms with van der Waals surface area (Å²) >= 11 is 0. The highest BCUT2D eigenvalue weighted by Crippen LogP contribution is 2.29. The van der Waals surface area contributed by atoms with Crippen LogP contribution in [0.1, 0.15) is 56.3 Å². The van der Waals surface area contributed by atoms with Crippen LogP contribution in [0.2, 0.25) is 0 Å². The number of nitrogens with two attached hydrogens (primary N) is 1. The van der Waals surface area contributed by atoms with Gasteiger partial charge < -0.3 is 20.3 Å². The van der Waals surface area contributed by atoms with E-state index in [0.717, 1.165) is 38.8 Å². The minimum Gasteiger partial charge on any atom is -0.493 e. The summed E-state index contributed by atoms with van der Waals surface area (Å²) in [4.78, 5) is 28.4. The maximum absolute atomic E-state index is 15.0. The van der Waals surface area contributed by atoms with Gasteiger partial charge in [0.25, 0.3) is 5.91 Å². The Morgan fingerprint density at radius 3 is 2.35 bits per heavy atom. The van der Waals surface area contributed by atoms with Gasteiger partial charge in [-0.2, -0.15) is 0 Å². The SMILES string of the molecule is CC(C)(F)CN1CCC(COc2ccc(-c3ccc(C(=O)N4CCCCC4C(N)=O)cc3)c(F)c2)CC1. The predicted octanol–water partition coefficient (Wildman–Crippen LogP) is 4.81. The number of amides is 2. The van der Waals surface area contributed by atoms with Crippen LogP contribution in [0.25, 0.3) is 11.1 Å². The normalized spacial score (nSPS) is 19.6. The Labute approximate surface area is 217 Å². The lowest BCUT2D eigenvalue weighted by Crippen LogP contribution is -2.50. The largest absolute Gasteiger partial charge is 0.493 e. The lowest BCUT2D eigenvalue weighted by molar-refractivity contribution is -0.123. The number of primary amides is 1. The van der Waals surface area contributed by atoms with E-state index in [0.29, 0.717) is 54.5 Å². The molecule has 0 spiro atoms. The van der Waals surface area contributed by atoms with Crippen LogP contribution in [0.5, 0.6) is 5.75 Å². The standard InChI is InChI=1S/C29H37F2N3O3/c1-29(2,31)19-33-15-12-20(13-16-33)18-37-23-10-11-24(25(30)17-23)21-6-8-22(9-7-21)28(36)34-14-4-3-5-26(34)27(32)35/h6-11,17,20,26H,3-5,12-16,18-19H2,1-2H3,(H2,32,35). The van der Waals surface area contributed by atoms with Crippen LogP contribution in [0.15, 0.2) is 42.5 Å². The average molecular weight is 514 g/mol. The smallest absolute Gasteiger partial charge is 0.254 e. The molecule has 0 aliphatic carbocycles. The molecule has 37 heavy (non-hydrogen) atoms. The third kappa shape index (κ3) is 7.06. The Bertz CT molecular complexity index is 1090. The molecule has 1 unspecified atom stereocenters. The fourth-order valence-corrected chi connectivity index (χ4v) is 5.31. The van der Waals surface area contributed by atoms with Crippen molar-refractivity contribution in [1.82, 2.24) is 9.80 Å². The van der Waals surface area contributed by atoms with Crippen molar-refractivity contribution in [2.75, 3.05) is 32.8 Å². The first kappa shape index (κ1) is 27.0. The van der Waals surface area contributed by atoms with Crippen molar-refractivity contribution in [3.63, 3.8) is 0 Å². The Kier molecular flexibility index (Phi) is 8.47. The number of rotatable bonds is 8. The zero-order chi connectivity index (χ0) is 26.6. The molecule has 4 rings (SSSR count). The molecule has 200 valence electrons. The summed E-state index contributed by atoms with van der Waals surface area (Å²) in [5.74, 6) is -0.288. The van der Waals surface area contributed by atoms with E-state index in [9.17, 15) is 18.4 Å². The molecule has 8 heteroatoms. The Balaban J connectivity index is 1.33. The van der Waals surface area contributed by atoms with Gasteiger partial charge in [-0.25, -0.2) is 8.78 Å². The van der Waals surface area contributed by atoms with Gasteiger partial charge in [0.1, 0.15) is 23.3 Å². The molecular weight excluding hydrogens is 476 g/mol. The summed E-state index contributed by atoms with van der Waals surface area (Å²) in [7, 11) is 0. The zero-order valence-corrected chi connectivity index (χ0v) is 21.7. The lowest BCUT2D eigenvalue weighted by Gasteiger charge is -2.34. The first-order valence-electron chi connectivity index (χ1n) is 13.1. The number of nitrogens with zero attached hydrogens (tertiary/aromatic N) is 2. The second kappa shape index (κ2) is 11.6. The van der Waals surface area contributed by atoms with Gasteiger partial charge in [-0.1, -0.05) is 12.1 Å². The minimum atomic E-state index is -1.19. The van der Waals surface area contributed by atoms with Crippen LogP contribution in [-0.4, -0.2) is 66.1 Å². The van der Waals surface area contributed by atoms with Crippen LogP contribution in [0.3, 0.4) is 0 Å². The van der Waals surface area contributed by atoms with Crippen LogP contribution < -0.4 is 10.5 Å². The van der Waals surface area contributed by atoms with Gasteiger partial charge >= 0.3 is 0 Å². The maximum Gasteiger partial charge on any atom is 0.254 e. The van der Waals surface area contributed by atoms with Gasteiger partial charge in [0.2, 0.25) is 5.91 Å². The number of carbonyl (C=O) groups is 2. The third-order valence-corrected chi connectivity index (χ3v) is 7.27. The van der Waals surface area contributed by atoms with Crippen LogP contribution in [-0.2, 0) is 4.79 Å².